The van der Waals surface area contributed by atoms with Gasteiger partial charge in [0.1, 0.15) is 0 Å². The summed E-state index contributed by atoms with van der Waals surface area (Å²) in [5.74, 6) is 1.21. The number of hydrogen-bond acceptors (Lipinski definition) is 4. The van der Waals surface area contributed by atoms with Gasteiger partial charge in [0.25, 0.3) is 0 Å². The average molecular weight is 431 g/mol. The van der Waals surface area contributed by atoms with Crippen LogP contribution in [0, 0.1) is 0 Å². The Bertz CT molecular complexity index is 613. The van der Waals surface area contributed by atoms with Crippen molar-refractivity contribution in [3.05, 3.63) is 24.0 Å². The predicted molar refractivity (Wildman–Crippen MR) is 122 cm³/mol. The van der Waals surface area contributed by atoms with E-state index in [9.17, 15) is 4.21 Å². The van der Waals surface area contributed by atoms with Crippen LogP contribution in [-0.2, 0) is 15.4 Å². The smallest absolute Gasteiger partial charge is 0.191 e. The van der Waals surface area contributed by atoms with Crippen molar-refractivity contribution in [2.45, 2.75) is 88.1 Å². The number of thioether (sulfide) groups is 1. The second-order valence-corrected chi connectivity index (χ2v) is 17.1. The highest BCUT2D eigenvalue weighted by molar-refractivity contribution is 7.99. The summed E-state index contributed by atoms with van der Waals surface area (Å²) in [4.78, 5) is 5.88. The van der Waals surface area contributed by atoms with E-state index in [-0.39, 0.29) is 11.0 Å². The zero-order valence-corrected chi connectivity index (χ0v) is 20.9. The molecule has 1 aromatic heterocycles. The number of pyridine rings is 1. The molecule has 2 atom stereocenters. The van der Waals surface area contributed by atoms with Gasteiger partial charge >= 0.3 is 0 Å². The van der Waals surface area contributed by atoms with Crippen molar-refractivity contribution in [1.29, 1.82) is 0 Å². The van der Waals surface area contributed by atoms with E-state index in [1.54, 1.807) is 11.8 Å². The first-order valence-electron chi connectivity index (χ1n) is 9.69. The number of nitrogens with zero attached hydrogens (tertiary/aromatic N) is 1. The number of hydrogen-bond donors (Lipinski definition) is 1. The largest absolute Gasteiger partial charge is 0.417 e. The molecule has 0 fully saturated rings. The third-order valence-corrected chi connectivity index (χ3v) is 12.2. The highest BCUT2D eigenvalue weighted by atomic mass is 32.2. The Hall–Kier alpha value is -0.213. The van der Waals surface area contributed by atoms with Gasteiger partial charge in [-0.25, -0.2) is 4.21 Å². The molecule has 0 amide bonds. The Morgan fingerprint density at radius 2 is 1.89 bits per heavy atom. The normalized spacial score (nSPS) is 15.6. The molecule has 0 aliphatic heterocycles. The van der Waals surface area contributed by atoms with Gasteiger partial charge in [0.05, 0.1) is 15.7 Å². The van der Waals surface area contributed by atoms with Crippen LogP contribution in [0.5, 0.6) is 0 Å². The van der Waals surface area contributed by atoms with E-state index in [1.807, 2.05) is 20.0 Å². The molecule has 1 heterocycles. The lowest BCUT2D eigenvalue weighted by molar-refractivity contribution is 0.265. The summed E-state index contributed by atoms with van der Waals surface area (Å²) < 4.78 is 17.9. The van der Waals surface area contributed by atoms with Crippen LogP contribution in [0.2, 0.25) is 18.1 Å². The molecule has 1 aromatic rings. The van der Waals surface area contributed by atoms with Crippen LogP contribution >= 0.6 is 11.8 Å². The van der Waals surface area contributed by atoms with E-state index in [2.05, 4.69) is 52.9 Å². The minimum Gasteiger partial charge on any atom is -0.417 e. The second-order valence-electron chi connectivity index (χ2n) is 9.21. The summed E-state index contributed by atoms with van der Waals surface area (Å²) >= 11 is 1.79. The fourth-order valence-electron chi connectivity index (χ4n) is 2.59. The van der Waals surface area contributed by atoms with Gasteiger partial charge in [0, 0.05) is 29.3 Å². The molecule has 7 heteroatoms. The molecule has 0 aliphatic rings. The number of aromatic nitrogens is 1. The van der Waals surface area contributed by atoms with Crippen molar-refractivity contribution in [3.63, 3.8) is 0 Å². The summed E-state index contributed by atoms with van der Waals surface area (Å²) in [6.45, 7) is 18.1. The summed E-state index contributed by atoms with van der Waals surface area (Å²) in [7, 11) is -3.16. The Labute approximate surface area is 174 Å². The molecule has 0 saturated heterocycles. The molecule has 2 N–H and O–H groups in total. The summed E-state index contributed by atoms with van der Waals surface area (Å²) in [5.41, 5.74) is 1.04. The maximum Gasteiger partial charge on any atom is 0.191 e. The van der Waals surface area contributed by atoms with Crippen LogP contribution in [0.3, 0.4) is 0 Å². The van der Waals surface area contributed by atoms with Gasteiger partial charge in [-0.1, -0.05) is 27.7 Å². The molecule has 0 aliphatic carbocycles. The molecular formula is C20H38N2O2S2Si. The van der Waals surface area contributed by atoms with Gasteiger partial charge in [0.2, 0.25) is 0 Å². The first-order chi connectivity index (χ1) is 12.3. The number of rotatable bonds is 10. The van der Waals surface area contributed by atoms with E-state index >= 15 is 0 Å². The molecule has 0 aromatic carbocycles. The van der Waals surface area contributed by atoms with Crippen molar-refractivity contribution in [2.75, 3.05) is 12.4 Å². The SMILES string of the molecule is CCSc1ccc([C@H](CCO[Si](C)(C)C(C)(C)C)CC(C)(C)S(N)=O)nc1. The first-order valence-corrected chi connectivity index (χ1v) is 14.8. The highest BCUT2D eigenvalue weighted by Gasteiger charge is 2.37. The quantitative estimate of drug-likeness (QED) is 0.394. The fourth-order valence-corrected chi connectivity index (χ4v) is 4.64. The predicted octanol–water partition coefficient (Wildman–Crippen LogP) is 5.48. The molecular weight excluding hydrogens is 392 g/mol. The average Bonchev–Trinajstić information content (AvgIpc) is 2.53. The van der Waals surface area contributed by atoms with Crippen molar-refractivity contribution in [3.8, 4) is 0 Å². The first kappa shape index (κ1) is 24.8. The van der Waals surface area contributed by atoms with Crippen LogP contribution in [0.25, 0.3) is 0 Å². The Morgan fingerprint density at radius 3 is 2.33 bits per heavy atom. The lowest BCUT2D eigenvalue weighted by atomic mass is 9.90. The molecule has 1 rings (SSSR count). The van der Waals surface area contributed by atoms with Crippen LogP contribution in [0.15, 0.2) is 23.2 Å². The molecule has 1 unspecified atom stereocenters. The fraction of sp³-hybridized carbons (Fsp3) is 0.750. The van der Waals surface area contributed by atoms with Crippen molar-refractivity contribution in [2.24, 2.45) is 5.14 Å². The zero-order chi connectivity index (χ0) is 20.9. The molecule has 27 heavy (non-hydrogen) atoms. The van der Waals surface area contributed by atoms with Crippen molar-refractivity contribution < 1.29 is 8.63 Å². The minimum atomic E-state index is -1.78. The second kappa shape index (κ2) is 10.0. The van der Waals surface area contributed by atoms with Crippen LogP contribution in [-0.4, -0.2) is 34.6 Å². The molecule has 0 bridgehead atoms. The van der Waals surface area contributed by atoms with Gasteiger partial charge in [-0.3, -0.25) is 10.1 Å². The monoisotopic (exact) mass is 430 g/mol. The van der Waals surface area contributed by atoms with Gasteiger partial charge in [-0.2, -0.15) is 0 Å². The summed E-state index contributed by atoms with van der Waals surface area (Å²) in [6, 6.07) is 4.23. The standard InChI is InChI=1S/C20H38N2O2S2Si/c1-9-25-17-10-11-18(22-15-17)16(14-20(5,6)26(21)23)12-13-24-27(7,8)19(2,3)4/h10-11,15-16H,9,12-14,21H2,1-8H3/t16-,26?/m1/s1. The molecule has 156 valence electrons. The van der Waals surface area contributed by atoms with Gasteiger partial charge < -0.3 is 4.43 Å². The highest BCUT2D eigenvalue weighted by Crippen LogP contribution is 2.37. The van der Waals surface area contributed by atoms with E-state index in [1.165, 1.54) is 4.90 Å². The van der Waals surface area contributed by atoms with Crippen LogP contribution in [0.4, 0.5) is 0 Å². The van der Waals surface area contributed by atoms with Gasteiger partial charge in [0.15, 0.2) is 8.32 Å². The van der Waals surface area contributed by atoms with Gasteiger partial charge in [-0.05, 0) is 62.7 Å². The summed E-state index contributed by atoms with van der Waals surface area (Å²) in [6.07, 6.45) is 3.53. The molecule has 0 saturated carbocycles. The minimum absolute atomic E-state index is 0.179. The Morgan fingerprint density at radius 1 is 1.26 bits per heavy atom. The van der Waals surface area contributed by atoms with Gasteiger partial charge in [-0.15, -0.1) is 11.8 Å². The van der Waals surface area contributed by atoms with E-state index in [0.29, 0.717) is 6.61 Å². The van der Waals surface area contributed by atoms with E-state index < -0.39 is 24.1 Å². The number of nitrogens with two attached hydrogens (primary N) is 1. The maximum absolute atomic E-state index is 12.0. The van der Waals surface area contributed by atoms with E-state index in [0.717, 1.165) is 24.3 Å². The molecule has 0 spiro atoms. The zero-order valence-electron chi connectivity index (χ0n) is 18.3. The lowest BCUT2D eigenvalue weighted by Crippen LogP contribution is -2.41. The van der Waals surface area contributed by atoms with Crippen molar-refractivity contribution in [1.82, 2.24) is 4.98 Å². The maximum atomic E-state index is 12.0. The van der Waals surface area contributed by atoms with Crippen molar-refractivity contribution >= 4 is 31.1 Å². The van der Waals surface area contributed by atoms with E-state index in [4.69, 9.17) is 14.5 Å². The lowest BCUT2D eigenvalue weighted by Gasteiger charge is -2.37. The molecule has 4 nitrogen and oxygen atoms in total. The van der Waals surface area contributed by atoms with Crippen LogP contribution in [0.1, 0.15) is 66.0 Å². The van der Waals surface area contributed by atoms with Crippen LogP contribution < -0.4 is 5.14 Å². The topological polar surface area (TPSA) is 65.2 Å². The Kier molecular flexibility index (Phi) is 9.20. The third-order valence-electron chi connectivity index (χ3n) is 5.51. The molecule has 0 radical (unpaired) electrons. The third kappa shape index (κ3) is 7.61. The summed E-state index contributed by atoms with van der Waals surface area (Å²) in [5, 5.41) is 5.93. The Balaban J connectivity index is 2.93.